The molecule has 2 aromatic rings. The van der Waals surface area contributed by atoms with Crippen molar-refractivity contribution in [3.8, 4) is 0 Å². The summed E-state index contributed by atoms with van der Waals surface area (Å²) >= 11 is 0. The quantitative estimate of drug-likeness (QED) is 0.802. The summed E-state index contributed by atoms with van der Waals surface area (Å²) in [6.07, 6.45) is -0.517. The number of primary amides is 1. The molecular formula is C16H17N3O4. The highest BCUT2D eigenvalue weighted by Crippen LogP contribution is 2.18. The van der Waals surface area contributed by atoms with Crippen LogP contribution in [0.3, 0.4) is 0 Å². The van der Waals surface area contributed by atoms with E-state index in [1.165, 1.54) is 16.8 Å². The predicted octanol–water partition coefficient (Wildman–Crippen LogP) is 1.04. The molecule has 23 heavy (non-hydrogen) atoms. The van der Waals surface area contributed by atoms with Crippen molar-refractivity contribution in [3.05, 3.63) is 64.1 Å². The number of amides is 1. The van der Waals surface area contributed by atoms with Gasteiger partial charge >= 0.3 is 5.97 Å². The summed E-state index contributed by atoms with van der Waals surface area (Å²) in [5, 5.41) is 3.95. The fourth-order valence-corrected chi connectivity index (χ4v) is 2.02. The van der Waals surface area contributed by atoms with Crippen molar-refractivity contribution in [2.45, 2.75) is 26.0 Å². The Morgan fingerprint density at radius 2 is 1.91 bits per heavy atom. The summed E-state index contributed by atoms with van der Waals surface area (Å²) in [6.45, 7) is 2.27. The van der Waals surface area contributed by atoms with Gasteiger partial charge in [0.05, 0.1) is 0 Å². The zero-order chi connectivity index (χ0) is 16.8. The number of aryl methyl sites for hydroxylation is 1. The van der Waals surface area contributed by atoms with Gasteiger partial charge in [-0.3, -0.25) is 9.59 Å². The van der Waals surface area contributed by atoms with E-state index in [0.717, 1.165) is 0 Å². The molecule has 1 heterocycles. The molecule has 0 radical (unpaired) electrons. The summed E-state index contributed by atoms with van der Waals surface area (Å²) in [4.78, 5) is 35.4. The van der Waals surface area contributed by atoms with Crippen LogP contribution in [0.25, 0.3) is 0 Å². The van der Waals surface area contributed by atoms with Crippen LogP contribution in [0.4, 0.5) is 0 Å². The van der Waals surface area contributed by atoms with E-state index in [9.17, 15) is 14.4 Å². The first-order valence-corrected chi connectivity index (χ1v) is 7.16. The maximum absolute atomic E-state index is 12.2. The summed E-state index contributed by atoms with van der Waals surface area (Å²) in [5.41, 5.74) is 5.41. The van der Waals surface area contributed by atoms with E-state index in [1.807, 2.05) is 6.92 Å². The lowest BCUT2D eigenvalue weighted by Gasteiger charge is -2.15. The molecule has 0 bridgehead atoms. The molecule has 0 spiro atoms. The molecular weight excluding hydrogens is 298 g/mol. The van der Waals surface area contributed by atoms with Gasteiger partial charge in [0.15, 0.2) is 5.69 Å². The lowest BCUT2D eigenvalue weighted by atomic mass is 10.1. The van der Waals surface area contributed by atoms with Gasteiger partial charge in [-0.1, -0.05) is 37.3 Å². The highest BCUT2D eigenvalue weighted by molar-refractivity contribution is 5.90. The maximum atomic E-state index is 12.2. The molecule has 2 rings (SSSR count). The molecule has 0 fully saturated rings. The smallest absolute Gasteiger partial charge is 0.359 e. The van der Waals surface area contributed by atoms with Crippen LogP contribution < -0.4 is 11.3 Å². The first-order chi connectivity index (χ1) is 11.0. The SMILES string of the molecule is CCCn1nc(C(=O)O[C@@H](C(N)=O)c2ccccc2)ccc1=O. The summed E-state index contributed by atoms with van der Waals surface area (Å²) in [5.74, 6) is -1.60. The number of ether oxygens (including phenoxy) is 1. The third-order valence-electron chi connectivity index (χ3n) is 3.10. The average Bonchev–Trinajstić information content (AvgIpc) is 2.55. The number of benzene rings is 1. The monoisotopic (exact) mass is 315 g/mol. The number of carbonyl (C=O) groups is 2. The topological polar surface area (TPSA) is 104 Å². The minimum atomic E-state index is -1.21. The number of hydrogen-bond donors (Lipinski definition) is 1. The average molecular weight is 315 g/mol. The number of nitrogens with zero attached hydrogens (tertiary/aromatic N) is 2. The molecule has 1 amide bonds. The molecule has 0 unspecified atom stereocenters. The largest absolute Gasteiger partial charge is 0.443 e. The van der Waals surface area contributed by atoms with E-state index < -0.39 is 18.0 Å². The van der Waals surface area contributed by atoms with Crippen LogP contribution in [0.15, 0.2) is 47.3 Å². The second-order valence-electron chi connectivity index (χ2n) is 4.88. The summed E-state index contributed by atoms with van der Waals surface area (Å²) < 4.78 is 6.34. The summed E-state index contributed by atoms with van der Waals surface area (Å²) in [6, 6.07) is 11.0. The number of rotatable bonds is 6. The van der Waals surface area contributed by atoms with Gasteiger partial charge in [-0.25, -0.2) is 9.48 Å². The lowest BCUT2D eigenvalue weighted by molar-refractivity contribution is -0.127. The van der Waals surface area contributed by atoms with Crippen LogP contribution in [0, 0.1) is 0 Å². The van der Waals surface area contributed by atoms with Crippen molar-refractivity contribution in [1.29, 1.82) is 0 Å². The van der Waals surface area contributed by atoms with Crippen molar-refractivity contribution >= 4 is 11.9 Å². The van der Waals surface area contributed by atoms with Crippen LogP contribution in [0.2, 0.25) is 0 Å². The Bertz CT molecular complexity index is 755. The molecule has 0 aliphatic rings. The lowest BCUT2D eigenvalue weighted by Crippen LogP contribution is -2.28. The molecule has 7 nitrogen and oxygen atoms in total. The van der Waals surface area contributed by atoms with Crippen LogP contribution >= 0.6 is 0 Å². The highest BCUT2D eigenvalue weighted by Gasteiger charge is 2.24. The second-order valence-corrected chi connectivity index (χ2v) is 4.88. The van der Waals surface area contributed by atoms with E-state index in [0.29, 0.717) is 18.5 Å². The van der Waals surface area contributed by atoms with Gasteiger partial charge < -0.3 is 10.5 Å². The normalized spacial score (nSPS) is 11.7. The Kier molecular flexibility index (Phi) is 5.24. The fraction of sp³-hybridized carbons (Fsp3) is 0.250. The van der Waals surface area contributed by atoms with Crippen LogP contribution in [-0.2, 0) is 16.1 Å². The van der Waals surface area contributed by atoms with Crippen molar-refractivity contribution in [2.75, 3.05) is 0 Å². The van der Waals surface area contributed by atoms with Gasteiger partial charge in [-0.05, 0) is 12.5 Å². The zero-order valence-corrected chi connectivity index (χ0v) is 12.6. The van der Waals surface area contributed by atoms with Gasteiger partial charge in [0.1, 0.15) is 0 Å². The minimum absolute atomic E-state index is 0.0553. The Labute approximate surface area is 132 Å². The standard InChI is InChI=1S/C16H17N3O4/c1-2-10-19-13(20)9-8-12(18-19)16(22)23-14(15(17)21)11-6-4-3-5-7-11/h3-9,14H,2,10H2,1H3,(H2,17,21)/t14-/m1/s1. The second kappa shape index (κ2) is 7.35. The van der Waals surface area contributed by atoms with Gasteiger partial charge in [0.25, 0.3) is 11.5 Å². The number of esters is 1. The van der Waals surface area contributed by atoms with Crippen molar-refractivity contribution in [3.63, 3.8) is 0 Å². The molecule has 0 saturated heterocycles. The van der Waals surface area contributed by atoms with Crippen molar-refractivity contribution < 1.29 is 14.3 Å². The minimum Gasteiger partial charge on any atom is -0.443 e. The predicted molar refractivity (Wildman–Crippen MR) is 82.6 cm³/mol. The first kappa shape index (κ1) is 16.4. The van der Waals surface area contributed by atoms with E-state index in [1.54, 1.807) is 30.3 Å². The Balaban J connectivity index is 2.24. The van der Waals surface area contributed by atoms with E-state index in [2.05, 4.69) is 5.10 Å². The van der Waals surface area contributed by atoms with E-state index in [-0.39, 0.29) is 11.3 Å². The first-order valence-electron chi connectivity index (χ1n) is 7.16. The molecule has 1 aromatic carbocycles. The van der Waals surface area contributed by atoms with Crippen LogP contribution in [-0.4, -0.2) is 21.7 Å². The summed E-state index contributed by atoms with van der Waals surface area (Å²) in [7, 11) is 0. The van der Waals surface area contributed by atoms with E-state index >= 15 is 0 Å². The third-order valence-corrected chi connectivity index (χ3v) is 3.10. The molecule has 120 valence electrons. The number of nitrogens with two attached hydrogens (primary N) is 1. The van der Waals surface area contributed by atoms with E-state index in [4.69, 9.17) is 10.5 Å². The van der Waals surface area contributed by atoms with Crippen molar-refractivity contribution in [1.82, 2.24) is 9.78 Å². The fourth-order valence-electron chi connectivity index (χ4n) is 2.02. The molecule has 7 heteroatoms. The number of carbonyl (C=O) groups excluding carboxylic acids is 2. The Morgan fingerprint density at radius 1 is 1.22 bits per heavy atom. The molecule has 0 aliphatic heterocycles. The van der Waals surface area contributed by atoms with Gasteiger partial charge in [0, 0.05) is 18.2 Å². The molecule has 0 aliphatic carbocycles. The van der Waals surface area contributed by atoms with Crippen LogP contribution in [0.1, 0.15) is 35.5 Å². The third kappa shape index (κ3) is 4.03. The molecule has 0 saturated carbocycles. The molecule has 1 aromatic heterocycles. The number of hydrogen-bond acceptors (Lipinski definition) is 5. The molecule has 1 atom stereocenters. The number of aromatic nitrogens is 2. The van der Waals surface area contributed by atoms with Crippen LogP contribution in [0.5, 0.6) is 0 Å². The Hall–Kier alpha value is -2.96. The maximum Gasteiger partial charge on any atom is 0.359 e. The Morgan fingerprint density at radius 3 is 2.52 bits per heavy atom. The molecule has 2 N–H and O–H groups in total. The zero-order valence-electron chi connectivity index (χ0n) is 12.6. The highest BCUT2D eigenvalue weighted by atomic mass is 16.5. The van der Waals surface area contributed by atoms with Gasteiger partial charge in [-0.15, -0.1) is 0 Å². The van der Waals surface area contributed by atoms with Crippen molar-refractivity contribution in [2.24, 2.45) is 5.73 Å². The van der Waals surface area contributed by atoms with Gasteiger partial charge in [-0.2, -0.15) is 5.10 Å². The van der Waals surface area contributed by atoms with Gasteiger partial charge in [0.2, 0.25) is 6.10 Å².